The quantitative estimate of drug-likeness (QED) is 0.849. The molecule has 1 aliphatic rings. The highest BCUT2D eigenvalue weighted by Crippen LogP contribution is 2.44. The van der Waals surface area contributed by atoms with Gasteiger partial charge in [0.05, 0.1) is 11.5 Å². The standard InChI is InChI=1S/C14H18N2O3/c1-10(11-4-2-7-15-9-11)16-12(17)8-14(13(18)19)5-3-6-14/h2,4,7,9-10H,3,5-6,8H2,1H3,(H,16,17)(H,18,19). The fourth-order valence-electron chi connectivity index (χ4n) is 2.39. The van der Waals surface area contributed by atoms with Gasteiger partial charge < -0.3 is 10.4 Å². The van der Waals surface area contributed by atoms with Gasteiger partial charge in [-0.1, -0.05) is 12.5 Å². The number of nitrogens with one attached hydrogen (secondary N) is 1. The molecule has 0 spiro atoms. The lowest BCUT2D eigenvalue weighted by Crippen LogP contribution is -2.43. The molecule has 0 radical (unpaired) electrons. The van der Waals surface area contributed by atoms with Gasteiger partial charge in [0.15, 0.2) is 0 Å². The summed E-state index contributed by atoms with van der Waals surface area (Å²) >= 11 is 0. The van der Waals surface area contributed by atoms with Crippen LogP contribution in [0, 0.1) is 5.41 Å². The zero-order valence-corrected chi connectivity index (χ0v) is 10.9. The Morgan fingerprint density at radius 2 is 2.26 bits per heavy atom. The molecule has 1 aliphatic carbocycles. The van der Waals surface area contributed by atoms with Gasteiger partial charge in [-0.2, -0.15) is 0 Å². The summed E-state index contributed by atoms with van der Waals surface area (Å²) in [5.74, 6) is -1.07. The summed E-state index contributed by atoms with van der Waals surface area (Å²) < 4.78 is 0. The Morgan fingerprint density at radius 1 is 1.53 bits per heavy atom. The van der Waals surface area contributed by atoms with Crippen LogP contribution in [0.15, 0.2) is 24.5 Å². The van der Waals surface area contributed by atoms with Gasteiger partial charge in [-0.15, -0.1) is 0 Å². The van der Waals surface area contributed by atoms with Gasteiger partial charge in [0.25, 0.3) is 0 Å². The van der Waals surface area contributed by atoms with E-state index < -0.39 is 11.4 Å². The Balaban J connectivity index is 1.93. The Bertz CT molecular complexity index is 469. The van der Waals surface area contributed by atoms with Gasteiger partial charge in [0, 0.05) is 18.8 Å². The first-order valence-corrected chi connectivity index (χ1v) is 6.46. The van der Waals surface area contributed by atoms with Crippen molar-refractivity contribution in [3.8, 4) is 0 Å². The van der Waals surface area contributed by atoms with E-state index in [0.29, 0.717) is 12.8 Å². The minimum Gasteiger partial charge on any atom is -0.481 e. The van der Waals surface area contributed by atoms with Gasteiger partial charge in [0.2, 0.25) is 5.91 Å². The number of amides is 1. The van der Waals surface area contributed by atoms with E-state index in [0.717, 1.165) is 12.0 Å². The fourth-order valence-corrected chi connectivity index (χ4v) is 2.39. The van der Waals surface area contributed by atoms with Crippen LogP contribution in [0.3, 0.4) is 0 Å². The maximum atomic E-state index is 11.9. The Kier molecular flexibility index (Phi) is 3.83. The van der Waals surface area contributed by atoms with Crippen molar-refractivity contribution in [2.24, 2.45) is 5.41 Å². The molecule has 1 fully saturated rings. The van der Waals surface area contributed by atoms with Gasteiger partial charge >= 0.3 is 5.97 Å². The lowest BCUT2D eigenvalue weighted by molar-refractivity contribution is -0.157. The molecule has 0 saturated heterocycles. The minimum absolute atomic E-state index is 0.0624. The number of rotatable bonds is 5. The SMILES string of the molecule is CC(NC(=O)CC1(C(=O)O)CCC1)c1cccnc1. The van der Waals surface area contributed by atoms with Gasteiger partial charge in [-0.05, 0) is 31.4 Å². The van der Waals surface area contributed by atoms with E-state index in [2.05, 4.69) is 10.3 Å². The molecule has 1 saturated carbocycles. The van der Waals surface area contributed by atoms with E-state index in [4.69, 9.17) is 0 Å². The Hall–Kier alpha value is -1.91. The second-order valence-corrected chi connectivity index (χ2v) is 5.19. The van der Waals surface area contributed by atoms with E-state index in [1.807, 2.05) is 19.1 Å². The first-order valence-electron chi connectivity index (χ1n) is 6.46. The Labute approximate surface area is 112 Å². The molecule has 0 aromatic carbocycles. The minimum atomic E-state index is -0.858. The molecule has 2 N–H and O–H groups in total. The molecule has 1 aromatic rings. The molecule has 1 aromatic heterocycles. The molecule has 0 bridgehead atoms. The first-order chi connectivity index (χ1) is 9.03. The summed E-state index contributed by atoms with van der Waals surface area (Å²) in [5, 5.41) is 12.0. The van der Waals surface area contributed by atoms with Crippen molar-refractivity contribution in [2.75, 3.05) is 0 Å². The number of hydrogen-bond donors (Lipinski definition) is 2. The van der Waals surface area contributed by atoms with Crippen LogP contribution in [-0.4, -0.2) is 22.0 Å². The molecular formula is C14H18N2O3. The number of aliphatic carboxylic acids is 1. The lowest BCUT2D eigenvalue weighted by atomic mass is 9.66. The summed E-state index contributed by atoms with van der Waals surface area (Å²) in [4.78, 5) is 27.1. The normalized spacial score (nSPS) is 18.2. The summed E-state index contributed by atoms with van der Waals surface area (Å²) in [6.45, 7) is 1.86. The lowest BCUT2D eigenvalue weighted by Gasteiger charge is -2.37. The van der Waals surface area contributed by atoms with Crippen LogP contribution in [0.5, 0.6) is 0 Å². The summed E-state index contributed by atoms with van der Waals surface area (Å²) in [6.07, 6.45) is 5.51. The predicted octanol–water partition coefficient (Wildman–Crippen LogP) is 1.90. The second-order valence-electron chi connectivity index (χ2n) is 5.19. The van der Waals surface area contributed by atoms with Crippen LogP contribution in [0.2, 0.25) is 0 Å². The van der Waals surface area contributed by atoms with E-state index in [1.165, 1.54) is 0 Å². The van der Waals surface area contributed by atoms with Crippen LogP contribution >= 0.6 is 0 Å². The van der Waals surface area contributed by atoms with E-state index >= 15 is 0 Å². The predicted molar refractivity (Wildman–Crippen MR) is 69.3 cm³/mol. The number of carboxylic acids is 1. The second kappa shape index (κ2) is 5.38. The molecule has 5 nitrogen and oxygen atoms in total. The molecule has 19 heavy (non-hydrogen) atoms. The number of aromatic nitrogens is 1. The highest BCUT2D eigenvalue weighted by atomic mass is 16.4. The largest absolute Gasteiger partial charge is 0.481 e. The number of hydrogen-bond acceptors (Lipinski definition) is 3. The average molecular weight is 262 g/mol. The van der Waals surface area contributed by atoms with Crippen molar-refractivity contribution in [1.82, 2.24) is 10.3 Å². The van der Waals surface area contributed by atoms with Crippen LogP contribution in [0.1, 0.15) is 44.2 Å². The molecule has 102 valence electrons. The third kappa shape index (κ3) is 2.92. The summed E-state index contributed by atoms with van der Waals surface area (Å²) in [7, 11) is 0. The zero-order chi connectivity index (χ0) is 13.9. The van der Waals surface area contributed by atoms with Crippen LogP contribution < -0.4 is 5.32 Å². The topological polar surface area (TPSA) is 79.3 Å². The molecule has 0 aliphatic heterocycles. The number of carbonyl (C=O) groups excluding carboxylic acids is 1. The van der Waals surface area contributed by atoms with Crippen LogP contribution in [0.25, 0.3) is 0 Å². The van der Waals surface area contributed by atoms with Crippen LogP contribution in [-0.2, 0) is 9.59 Å². The van der Waals surface area contributed by atoms with Crippen molar-refractivity contribution >= 4 is 11.9 Å². The van der Waals surface area contributed by atoms with E-state index in [1.54, 1.807) is 12.4 Å². The van der Waals surface area contributed by atoms with Gasteiger partial charge in [-0.3, -0.25) is 14.6 Å². The summed E-state index contributed by atoms with van der Waals surface area (Å²) in [5.41, 5.74) is 0.0764. The highest BCUT2D eigenvalue weighted by Gasteiger charge is 2.45. The third-order valence-corrected chi connectivity index (χ3v) is 3.83. The van der Waals surface area contributed by atoms with E-state index in [9.17, 15) is 14.7 Å². The van der Waals surface area contributed by atoms with Crippen LogP contribution in [0.4, 0.5) is 0 Å². The average Bonchev–Trinajstić information content (AvgIpc) is 2.34. The molecule has 1 heterocycles. The first kappa shape index (κ1) is 13.5. The fraction of sp³-hybridized carbons (Fsp3) is 0.500. The molecule has 2 rings (SSSR count). The molecule has 1 amide bonds. The molecule has 5 heteroatoms. The summed E-state index contributed by atoms with van der Waals surface area (Å²) in [6, 6.07) is 3.53. The number of carboxylic acid groups (broad SMARTS) is 1. The zero-order valence-electron chi connectivity index (χ0n) is 10.9. The van der Waals surface area contributed by atoms with Crippen molar-refractivity contribution in [3.63, 3.8) is 0 Å². The molecule has 1 unspecified atom stereocenters. The number of nitrogens with zero attached hydrogens (tertiary/aromatic N) is 1. The van der Waals surface area contributed by atoms with Crippen molar-refractivity contribution in [3.05, 3.63) is 30.1 Å². The third-order valence-electron chi connectivity index (χ3n) is 3.83. The monoisotopic (exact) mass is 262 g/mol. The maximum absolute atomic E-state index is 11.9. The van der Waals surface area contributed by atoms with Gasteiger partial charge in [0.1, 0.15) is 0 Å². The van der Waals surface area contributed by atoms with Gasteiger partial charge in [-0.25, -0.2) is 0 Å². The maximum Gasteiger partial charge on any atom is 0.310 e. The van der Waals surface area contributed by atoms with E-state index in [-0.39, 0.29) is 18.4 Å². The number of pyridine rings is 1. The number of carbonyl (C=O) groups is 2. The molecular weight excluding hydrogens is 244 g/mol. The van der Waals surface area contributed by atoms with Crippen molar-refractivity contribution in [2.45, 2.75) is 38.6 Å². The Morgan fingerprint density at radius 3 is 2.74 bits per heavy atom. The smallest absolute Gasteiger partial charge is 0.310 e. The molecule has 1 atom stereocenters. The van der Waals surface area contributed by atoms with Crippen molar-refractivity contribution < 1.29 is 14.7 Å². The van der Waals surface area contributed by atoms with Crippen molar-refractivity contribution in [1.29, 1.82) is 0 Å². The highest BCUT2D eigenvalue weighted by molar-refractivity contribution is 5.85.